The highest BCUT2D eigenvalue weighted by Gasteiger charge is 2.44. The van der Waals surface area contributed by atoms with Crippen LogP contribution in [0.4, 0.5) is 0 Å². The number of hydrogen-bond acceptors (Lipinski definition) is 3. The predicted molar refractivity (Wildman–Crippen MR) is 73.0 cm³/mol. The Labute approximate surface area is 117 Å². The number of rotatable bonds is 7. The molecule has 0 heterocycles. The van der Waals surface area contributed by atoms with Gasteiger partial charge in [-0.1, -0.05) is 36.8 Å². The molecule has 0 aromatic heterocycles. The maximum Gasteiger partial charge on any atom is 0.311 e. The van der Waals surface area contributed by atoms with E-state index in [4.69, 9.17) is 9.84 Å². The second-order valence-corrected chi connectivity index (χ2v) is 5.19. The zero-order chi connectivity index (χ0) is 14.4. The minimum Gasteiger partial charge on any atom is -0.481 e. The summed E-state index contributed by atoms with van der Waals surface area (Å²) >= 11 is 0. The molecule has 5 heteroatoms. The first kappa shape index (κ1) is 14.5. The van der Waals surface area contributed by atoms with Gasteiger partial charge < -0.3 is 15.2 Å². The number of aliphatic carboxylic acids is 1. The number of carbonyl (C=O) groups is 2. The van der Waals surface area contributed by atoms with Gasteiger partial charge in [0.1, 0.15) is 6.61 Å². The number of benzene rings is 1. The van der Waals surface area contributed by atoms with Crippen LogP contribution in [0.5, 0.6) is 0 Å². The highest BCUT2D eigenvalue weighted by atomic mass is 16.5. The fourth-order valence-corrected chi connectivity index (χ4v) is 2.22. The second kappa shape index (κ2) is 6.52. The summed E-state index contributed by atoms with van der Waals surface area (Å²) < 4.78 is 5.30. The van der Waals surface area contributed by atoms with Gasteiger partial charge in [-0.15, -0.1) is 0 Å². The topological polar surface area (TPSA) is 75.6 Å². The molecule has 20 heavy (non-hydrogen) atoms. The molecule has 0 aliphatic heterocycles. The van der Waals surface area contributed by atoms with Crippen LogP contribution < -0.4 is 5.32 Å². The summed E-state index contributed by atoms with van der Waals surface area (Å²) in [6.45, 7) is 0.513. The summed E-state index contributed by atoms with van der Waals surface area (Å²) in [5.41, 5.74) is 0.246. The molecule has 5 nitrogen and oxygen atoms in total. The van der Waals surface area contributed by atoms with Gasteiger partial charge in [0.25, 0.3) is 0 Å². The first-order chi connectivity index (χ1) is 9.62. The van der Waals surface area contributed by atoms with Crippen LogP contribution in [0.25, 0.3) is 0 Å². The Morgan fingerprint density at radius 2 is 1.95 bits per heavy atom. The van der Waals surface area contributed by atoms with E-state index in [0.29, 0.717) is 19.4 Å². The van der Waals surface area contributed by atoms with Gasteiger partial charge in [-0.3, -0.25) is 9.59 Å². The van der Waals surface area contributed by atoms with E-state index in [2.05, 4.69) is 5.32 Å². The summed E-state index contributed by atoms with van der Waals surface area (Å²) in [4.78, 5) is 22.7. The minimum atomic E-state index is -0.825. The van der Waals surface area contributed by atoms with E-state index in [0.717, 1.165) is 12.0 Å². The molecule has 0 atom stereocenters. The lowest BCUT2D eigenvalue weighted by atomic mass is 9.69. The zero-order valence-electron chi connectivity index (χ0n) is 11.3. The number of carboxylic acid groups (broad SMARTS) is 1. The number of carbonyl (C=O) groups excluding carboxylic acids is 1. The van der Waals surface area contributed by atoms with E-state index in [1.54, 1.807) is 0 Å². The van der Waals surface area contributed by atoms with Gasteiger partial charge in [-0.05, 0) is 18.4 Å². The van der Waals surface area contributed by atoms with Crippen molar-refractivity contribution in [2.75, 3.05) is 13.2 Å². The third-order valence-corrected chi connectivity index (χ3v) is 3.73. The van der Waals surface area contributed by atoms with Crippen molar-refractivity contribution in [3.63, 3.8) is 0 Å². The van der Waals surface area contributed by atoms with Gasteiger partial charge in [0.2, 0.25) is 5.91 Å². The fourth-order valence-electron chi connectivity index (χ4n) is 2.22. The van der Waals surface area contributed by atoms with Crippen molar-refractivity contribution in [1.29, 1.82) is 0 Å². The van der Waals surface area contributed by atoms with E-state index >= 15 is 0 Å². The molecular formula is C15H19NO4. The molecule has 1 aliphatic carbocycles. The third kappa shape index (κ3) is 3.57. The monoisotopic (exact) mass is 277 g/mol. The van der Waals surface area contributed by atoms with Crippen LogP contribution in [0.1, 0.15) is 24.8 Å². The van der Waals surface area contributed by atoms with Crippen LogP contribution in [0.3, 0.4) is 0 Å². The molecule has 2 N–H and O–H groups in total. The molecule has 0 bridgehead atoms. The van der Waals surface area contributed by atoms with Crippen molar-refractivity contribution < 1.29 is 19.4 Å². The van der Waals surface area contributed by atoms with Crippen molar-refractivity contribution in [1.82, 2.24) is 5.32 Å². The molecule has 1 saturated carbocycles. The largest absolute Gasteiger partial charge is 0.481 e. The highest BCUT2D eigenvalue weighted by Crippen LogP contribution is 2.40. The molecular weight excluding hydrogens is 258 g/mol. The molecule has 1 fully saturated rings. The van der Waals surface area contributed by atoms with Gasteiger partial charge in [0.15, 0.2) is 0 Å². The standard InChI is InChI=1S/C15H19NO4/c17-13(10-20-9-12-5-2-1-3-6-12)16-11-15(14(18)19)7-4-8-15/h1-3,5-6H,4,7-11H2,(H,16,17)(H,18,19). The average Bonchev–Trinajstić information content (AvgIpc) is 2.38. The van der Waals surface area contributed by atoms with Crippen LogP contribution >= 0.6 is 0 Å². The van der Waals surface area contributed by atoms with Gasteiger partial charge in [-0.25, -0.2) is 0 Å². The molecule has 0 saturated heterocycles. The summed E-state index contributed by atoms with van der Waals surface area (Å²) in [6, 6.07) is 9.58. The van der Waals surface area contributed by atoms with Crippen LogP contribution in [0.2, 0.25) is 0 Å². The second-order valence-electron chi connectivity index (χ2n) is 5.19. The van der Waals surface area contributed by atoms with Gasteiger partial charge in [-0.2, -0.15) is 0 Å². The van der Waals surface area contributed by atoms with Crippen molar-refractivity contribution >= 4 is 11.9 Å². The zero-order valence-corrected chi connectivity index (χ0v) is 11.3. The quantitative estimate of drug-likeness (QED) is 0.793. The minimum absolute atomic E-state index is 0.0510. The normalized spacial score (nSPS) is 16.2. The number of carboxylic acids is 1. The maximum atomic E-state index is 11.6. The van der Waals surface area contributed by atoms with E-state index in [9.17, 15) is 9.59 Å². The number of hydrogen-bond donors (Lipinski definition) is 2. The van der Waals surface area contributed by atoms with E-state index in [1.807, 2.05) is 30.3 Å². The van der Waals surface area contributed by atoms with Crippen molar-refractivity contribution in [2.45, 2.75) is 25.9 Å². The molecule has 1 amide bonds. The van der Waals surface area contributed by atoms with Crippen molar-refractivity contribution in [3.05, 3.63) is 35.9 Å². The SMILES string of the molecule is O=C(COCc1ccccc1)NCC1(C(=O)O)CCC1. The summed E-state index contributed by atoms with van der Waals surface area (Å²) in [5.74, 6) is -1.09. The van der Waals surface area contributed by atoms with Crippen molar-refractivity contribution in [3.8, 4) is 0 Å². The summed E-state index contributed by atoms with van der Waals surface area (Å²) in [7, 11) is 0. The van der Waals surface area contributed by atoms with E-state index in [-0.39, 0.29) is 19.1 Å². The van der Waals surface area contributed by atoms with Gasteiger partial charge >= 0.3 is 5.97 Å². The molecule has 1 aromatic rings. The summed E-state index contributed by atoms with van der Waals surface area (Å²) in [5, 5.41) is 11.8. The van der Waals surface area contributed by atoms with Gasteiger partial charge in [0, 0.05) is 6.54 Å². The van der Waals surface area contributed by atoms with E-state index < -0.39 is 11.4 Å². The number of nitrogens with one attached hydrogen (secondary N) is 1. The lowest BCUT2D eigenvalue weighted by Gasteiger charge is -2.37. The predicted octanol–water partition coefficient (Wildman–Crippen LogP) is 1.57. The van der Waals surface area contributed by atoms with Gasteiger partial charge in [0.05, 0.1) is 12.0 Å². The Morgan fingerprint density at radius 3 is 2.50 bits per heavy atom. The Bertz CT molecular complexity index is 468. The molecule has 1 aromatic carbocycles. The van der Waals surface area contributed by atoms with Crippen molar-refractivity contribution in [2.24, 2.45) is 5.41 Å². The molecule has 1 aliphatic rings. The van der Waals surface area contributed by atoms with Crippen LogP contribution in [-0.4, -0.2) is 30.1 Å². The van der Waals surface area contributed by atoms with Crippen LogP contribution in [0, 0.1) is 5.41 Å². The lowest BCUT2D eigenvalue weighted by Crippen LogP contribution is -2.48. The Morgan fingerprint density at radius 1 is 1.25 bits per heavy atom. The summed E-state index contributed by atoms with van der Waals surface area (Å²) in [6.07, 6.45) is 2.17. The molecule has 108 valence electrons. The first-order valence-corrected chi connectivity index (χ1v) is 6.74. The number of ether oxygens (including phenoxy) is 1. The van der Waals surface area contributed by atoms with E-state index in [1.165, 1.54) is 0 Å². The Balaban J connectivity index is 1.67. The molecule has 0 radical (unpaired) electrons. The van der Waals surface area contributed by atoms with Crippen LogP contribution in [0.15, 0.2) is 30.3 Å². The fraction of sp³-hybridized carbons (Fsp3) is 0.467. The number of amides is 1. The maximum absolute atomic E-state index is 11.6. The highest BCUT2D eigenvalue weighted by molar-refractivity contribution is 5.80. The lowest BCUT2D eigenvalue weighted by molar-refractivity contribution is -0.154. The third-order valence-electron chi connectivity index (χ3n) is 3.73. The molecule has 0 unspecified atom stereocenters. The Kier molecular flexibility index (Phi) is 4.74. The average molecular weight is 277 g/mol. The van der Waals surface area contributed by atoms with Crippen LogP contribution in [-0.2, 0) is 20.9 Å². The Hall–Kier alpha value is -1.88. The molecule has 0 spiro atoms. The molecule has 2 rings (SSSR count). The smallest absolute Gasteiger partial charge is 0.311 e. The first-order valence-electron chi connectivity index (χ1n) is 6.74.